The van der Waals surface area contributed by atoms with E-state index in [2.05, 4.69) is 10.7 Å². The molecule has 0 aliphatic heterocycles. The van der Waals surface area contributed by atoms with Crippen LogP contribution in [0, 0.1) is 0 Å². The van der Waals surface area contributed by atoms with Crippen LogP contribution in [0.5, 0.6) is 0 Å². The van der Waals surface area contributed by atoms with Crippen LogP contribution >= 0.6 is 0 Å². The van der Waals surface area contributed by atoms with E-state index in [4.69, 9.17) is 5.02 Å². The summed E-state index contributed by atoms with van der Waals surface area (Å²) >= 11 is 0. The molecule has 0 aromatic carbocycles. The van der Waals surface area contributed by atoms with Gasteiger partial charge < -0.3 is 9.12 Å². The van der Waals surface area contributed by atoms with E-state index in [1.807, 2.05) is 0 Å². The molecule has 1 N–H and O–H groups in total. The van der Waals surface area contributed by atoms with Crippen molar-refractivity contribution in [2.75, 3.05) is 5.75 Å². The fraction of sp³-hybridized carbons (Fsp3) is 0.333. The normalized spacial score (nSPS) is 10.8. The SMILES string of the molecule is C=CCS(=O)(=O)O[B]O. The molecule has 6 heteroatoms. The van der Waals surface area contributed by atoms with E-state index in [9.17, 15) is 8.42 Å². The van der Waals surface area contributed by atoms with Crippen LogP contribution in [0.4, 0.5) is 0 Å². The van der Waals surface area contributed by atoms with E-state index in [0.717, 1.165) is 0 Å². The van der Waals surface area contributed by atoms with Crippen molar-refractivity contribution in [1.29, 1.82) is 0 Å². The van der Waals surface area contributed by atoms with Gasteiger partial charge in [0.15, 0.2) is 0 Å². The lowest BCUT2D eigenvalue weighted by Gasteiger charge is -1.94. The molecule has 0 heterocycles. The van der Waals surface area contributed by atoms with Crippen molar-refractivity contribution >= 4 is 17.8 Å². The molecular weight excluding hydrogens is 143 g/mol. The largest absolute Gasteiger partial charge is 0.501 e. The minimum atomic E-state index is -3.61. The van der Waals surface area contributed by atoms with Crippen molar-refractivity contribution < 1.29 is 17.5 Å². The topological polar surface area (TPSA) is 63.6 Å². The van der Waals surface area contributed by atoms with Crippen molar-refractivity contribution in [3.05, 3.63) is 12.7 Å². The standard InChI is InChI=1S/C3H6BO4S/c1-2-3-9(6,7)8-4-5/h2,5H,1,3H2. The summed E-state index contributed by atoms with van der Waals surface area (Å²) in [6, 6.07) is 0. The number of hydrogen-bond acceptors (Lipinski definition) is 4. The second kappa shape index (κ2) is 3.65. The van der Waals surface area contributed by atoms with Crippen molar-refractivity contribution in [3.63, 3.8) is 0 Å². The third-order valence-electron chi connectivity index (χ3n) is 0.512. The zero-order valence-electron chi connectivity index (χ0n) is 4.65. The van der Waals surface area contributed by atoms with Gasteiger partial charge in [0, 0.05) is 0 Å². The van der Waals surface area contributed by atoms with Gasteiger partial charge in [0.2, 0.25) is 0 Å². The monoisotopic (exact) mass is 149 g/mol. The van der Waals surface area contributed by atoms with Gasteiger partial charge in [-0.15, -0.1) is 6.58 Å². The summed E-state index contributed by atoms with van der Waals surface area (Å²) in [6.07, 6.45) is 1.17. The molecule has 0 aliphatic carbocycles. The molecule has 0 aromatic heterocycles. The molecular formula is C3H6BO4S. The maximum absolute atomic E-state index is 10.3. The first-order valence-corrected chi connectivity index (χ1v) is 3.68. The fourth-order valence-corrected chi connectivity index (χ4v) is 0.748. The van der Waals surface area contributed by atoms with Gasteiger partial charge in [-0.3, -0.25) is 0 Å². The molecule has 0 amide bonds. The van der Waals surface area contributed by atoms with E-state index in [-0.39, 0.29) is 13.4 Å². The van der Waals surface area contributed by atoms with Gasteiger partial charge in [0.05, 0.1) is 5.75 Å². The Balaban J connectivity index is 3.88. The predicted molar refractivity (Wildman–Crippen MR) is 33.0 cm³/mol. The van der Waals surface area contributed by atoms with Crippen LogP contribution in [0.25, 0.3) is 0 Å². The molecule has 4 nitrogen and oxygen atoms in total. The minimum absolute atomic E-state index is 0.124. The second-order valence-corrected chi connectivity index (χ2v) is 2.86. The first-order valence-electron chi connectivity index (χ1n) is 2.10. The summed E-state index contributed by atoms with van der Waals surface area (Å²) in [5, 5.41) is 7.87. The van der Waals surface area contributed by atoms with Crippen LogP contribution in [-0.4, -0.2) is 26.9 Å². The van der Waals surface area contributed by atoms with Gasteiger partial charge in [-0.05, 0) is 0 Å². The summed E-state index contributed by atoms with van der Waals surface area (Å²) in [6.45, 7) is 3.17. The van der Waals surface area contributed by atoms with Crippen LogP contribution in [0.1, 0.15) is 0 Å². The third kappa shape index (κ3) is 4.20. The second-order valence-electron chi connectivity index (χ2n) is 1.21. The number of hydrogen-bond donors (Lipinski definition) is 1. The lowest BCUT2D eigenvalue weighted by molar-refractivity contribution is 0.438. The zero-order chi connectivity index (χ0) is 7.33. The Morgan fingerprint density at radius 1 is 1.78 bits per heavy atom. The van der Waals surface area contributed by atoms with Crippen LogP contribution in [-0.2, 0) is 14.2 Å². The van der Waals surface area contributed by atoms with Crippen molar-refractivity contribution in [2.24, 2.45) is 0 Å². The van der Waals surface area contributed by atoms with E-state index in [1.165, 1.54) is 6.08 Å². The maximum Gasteiger partial charge on any atom is 0.501 e. The molecule has 0 atom stereocenters. The van der Waals surface area contributed by atoms with Gasteiger partial charge in [-0.1, -0.05) is 6.08 Å². The Hall–Kier alpha value is -0.325. The highest BCUT2D eigenvalue weighted by Gasteiger charge is 2.06. The van der Waals surface area contributed by atoms with Gasteiger partial charge in [-0.2, -0.15) is 0 Å². The van der Waals surface area contributed by atoms with Gasteiger partial charge in [0.25, 0.3) is 10.1 Å². The van der Waals surface area contributed by atoms with Gasteiger partial charge >= 0.3 is 7.69 Å². The highest BCUT2D eigenvalue weighted by molar-refractivity contribution is 7.87. The van der Waals surface area contributed by atoms with Crippen LogP contribution in [0.2, 0.25) is 0 Å². The summed E-state index contributed by atoms with van der Waals surface area (Å²) in [5.74, 6) is -0.302. The Morgan fingerprint density at radius 3 is 2.67 bits per heavy atom. The van der Waals surface area contributed by atoms with Crippen molar-refractivity contribution in [3.8, 4) is 0 Å². The molecule has 0 aliphatic rings. The smallest absolute Gasteiger partial charge is 0.428 e. The van der Waals surface area contributed by atoms with Crippen molar-refractivity contribution in [1.82, 2.24) is 0 Å². The molecule has 0 bridgehead atoms. The minimum Gasteiger partial charge on any atom is -0.428 e. The zero-order valence-corrected chi connectivity index (χ0v) is 5.47. The van der Waals surface area contributed by atoms with Crippen LogP contribution in [0.3, 0.4) is 0 Å². The quantitative estimate of drug-likeness (QED) is 0.413. The number of rotatable bonds is 4. The van der Waals surface area contributed by atoms with Gasteiger partial charge in [0.1, 0.15) is 0 Å². The molecule has 9 heavy (non-hydrogen) atoms. The molecule has 51 valence electrons. The maximum atomic E-state index is 10.3. The molecule has 0 unspecified atom stereocenters. The third-order valence-corrected chi connectivity index (χ3v) is 1.53. The van der Waals surface area contributed by atoms with E-state index in [0.29, 0.717) is 0 Å². The molecule has 0 saturated carbocycles. The van der Waals surface area contributed by atoms with E-state index >= 15 is 0 Å². The molecule has 0 fully saturated rings. The lowest BCUT2D eigenvalue weighted by atomic mass is 10.5. The van der Waals surface area contributed by atoms with E-state index < -0.39 is 10.1 Å². The van der Waals surface area contributed by atoms with E-state index in [1.54, 1.807) is 0 Å². The average molecular weight is 149 g/mol. The summed E-state index contributed by atoms with van der Waals surface area (Å²) < 4.78 is 24.5. The summed E-state index contributed by atoms with van der Waals surface area (Å²) in [7, 11) is -3.48. The summed E-state index contributed by atoms with van der Waals surface area (Å²) in [4.78, 5) is 0. The Kier molecular flexibility index (Phi) is 3.52. The molecule has 0 aromatic rings. The molecule has 0 saturated heterocycles. The Bertz CT molecular complexity index is 172. The lowest BCUT2D eigenvalue weighted by Crippen LogP contribution is -2.11. The molecule has 1 radical (unpaired) electrons. The summed E-state index contributed by atoms with van der Waals surface area (Å²) in [5.41, 5.74) is 0. The van der Waals surface area contributed by atoms with Crippen molar-refractivity contribution in [2.45, 2.75) is 0 Å². The Morgan fingerprint density at radius 2 is 2.33 bits per heavy atom. The predicted octanol–water partition coefficient (Wildman–Crippen LogP) is -0.955. The molecule has 0 rings (SSSR count). The average Bonchev–Trinajstić information content (AvgIpc) is 1.64. The van der Waals surface area contributed by atoms with Crippen LogP contribution in [0.15, 0.2) is 12.7 Å². The van der Waals surface area contributed by atoms with Gasteiger partial charge in [-0.25, -0.2) is 8.42 Å². The Labute approximate surface area is 54.6 Å². The first kappa shape index (κ1) is 8.67. The highest BCUT2D eigenvalue weighted by Crippen LogP contribution is 1.89. The highest BCUT2D eigenvalue weighted by atomic mass is 32.2. The first-order chi connectivity index (χ1) is 4.12. The fourth-order valence-electron chi connectivity index (χ4n) is 0.249. The van der Waals surface area contributed by atoms with Crippen LogP contribution < -0.4 is 0 Å². The molecule has 0 spiro atoms.